The van der Waals surface area contributed by atoms with Crippen LogP contribution in [0.5, 0.6) is 0 Å². The number of nitrogen functional groups attached to an aromatic ring is 1. The zero-order valence-corrected chi connectivity index (χ0v) is 18.9. The zero-order chi connectivity index (χ0) is 19.8. The minimum atomic E-state index is 0.303. The molecule has 4 nitrogen and oxygen atoms in total. The molecular weight excluding hydrogens is 527 g/mol. The van der Waals surface area contributed by atoms with E-state index in [4.69, 9.17) is 33.9 Å². The number of hydrogen-bond acceptors (Lipinski definition) is 4. The quantitative estimate of drug-likeness (QED) is 0.293. The number of anilines is 4. The second-order valence-electron chi connectivity index (χ2n) is 5.95. The number of rotatable bonds is 3. The highest BCUT2D eigenvalue weighted by Crippen LogP contribution is 2.40. The molecule has 0 atom stereocenters. The number of hydrogen-bond donors (Lipinski definition) is 1. The van der Waals surface area contributed by atoms with Crippen molar-refractivity contribution in [3.8, 4) is 0 Å². The molecule has 8 heteroatoms. The first kappa shape index (κ1) is 19.5. The van der Waals surface area contributed by atoms with Crippen molar-refractivity contribution in [2.45, 2.75) is 0 Å². The van der Waals surface area contributed by atoms with Crippen LogP contribution in [0, 0.1) is 0 Å². The Morgan fingerprint density at radius 1 is 0.750 bits per heavy atom. The Bertz CT molecular complexity index is 1150. The molecule has 0 aliphatic heterocycles. The van der Waals surface area contributed by atoms with Crippen LogP contribution in [0.4, 0.5) is 23.0 Å². The molecule has 140 valence electrons. The van der Waals surface area contributed by atoms with Gasteiger partial charge in [-0.15, -0.1) is 0 Å². The fourth-order valence-corrected chi connectivity index (χ4v) is 3.65. The average Bonchev–Trinajstić information content (AvgIpc) is 2.68. The van der Waals surface area contributed by atoms with Gasteiger partial charge in [0.15, 0.2) is 11.6 Å². The van der Waals surface area contributed by atoms with Crippen molar-refractivity contribution in [2.75, 3.05) is 10.6 Å². The van der Waals surface area contributed by atoms with Gasteiger partial charge in [-0.05, 0) is 80.4 Å². The van der Waals surface area contributed by atoms with Crippen LogP contribution in [-0.2, 0) is 0 Å². The summed E-state index contributed by atoms with van der Waals surface area (Å²) in [6.07, 6.45) is 0. The molecular formula is C20H12Br2Cl2N4. The van der Waals surface area contributed by atoms with Gasteiger partial charge < -0.3 is 5.73 Å². The molecule has 0 spiro atoms. The fourth-order valence-electron chi connectivity index (χ4n) is 2.81. The Morgan fingerprint density at radius 3 is 1.75 bits per heavy atom. The predicted octanol–water partition coefficient (Wildman–Crippen LogP) is 7.51. The normalized spacial score (nSPS) is 11.0. The molecule has 4 rings (SSSR count). The van der Waals surface area contributed by atoms with Crippen molar-refractivity contribution in [3.63, 3.8) is 0 Å². The Balaban J connectivity index is 1.98. The number of benzene rings is 3. The van der Waals surface area contributed by atoms with Gasteiger partial charge in [0.2, 0.25) is 0 Å². The fraction of sp³-hybridized carbons (Fsp3) is 0. The first-order valence-electron chi connectivity index (χ1n) is 8.16. The van der Waals surface area contributed by atoms with E-state index in [1.54, 1.807) is 0 Å². The van der Waals surface area contributed by atoms with Crippen LogP contribution >= 0.6 is 55.1 Å². The molecule has 2 N–H and O–H groups in total. The highest BCUT2D eigenvalue weighted by molar-refractivity contribution is 9.10. The van der Waals surface area contributed by atoms with E-state index in [9.17, 15) is 0 Å². The van der Waals surface area contributed by atoms with Gasteiger partial charge in [-0.3, -0.25) is 4.90 Å². The molecule has 3 aromatic carbocycles. The number of para-hydroxylation sites is 2. The van der Waals surface area contributed by atoms with E-state index >= 15 is 0 Å². The first-order valence-corrected chi connectivity index (χ1v) is 10.5. The van der Waals surface area contributed by atoms with Gasteiger partial charge in [0.25, 0.3) is 0 Å². The summed E-state index contributed by atoms with van der Waals surface area (Å²) in [5.41, 5.74) is 9.33. The highest BCUT2D eigenvalue weighted by Gasteiger charge is 2.20. The molecule has 0 radical (unpaired) electrons. The van der Waals surface area contributed by atoms with E-state index in [1.807, 2.05) is 65.6 Å². The SMILES string of the molecule is Nc1nc2ccccc2nc1N(c1ccc(Br)c(Cl)c1)c1ccc(Br)c(Cl)c1. The Morgan fingerprint density at radius 2 is 1.25 bits per heavy atom. The van der Waals surface area contributed by atoms with E-state index in [-0.39, 0.29) is 0 Å². The molecule has 0 fully saturated rings. The molecule has 0 amide bonds. The van der Waals surface area contributed by atoms with E-state index in [1.165, 1.54) is 0 Å². The van der Waals surface area contributed by atoms with E-state index in [0.29, 0.717) is 21.7 Å². The van der Waals surface area contributed by atoms with Crippen LogP contribution < -0.4 is 10.6 Å². The molecule has 0 aliphatic rings. The van der Waals surface area contributed by atoms with Crippen molar-refractivity contribution in [1.82, 2.24) is 9.97 Å². The maximum atomic E-state index is 6.35. The van der Waals surface area contributed by atoms with Gasteiger partial charge in [-0.1, -0.05) is 35.3 Å². The molecule has 4 aromatic rings. The number of aromatic nitrogens is 2. The number of halogens is 4. The summed E-state index contributed by atoms with van der Waals surface area (Å²) in [4.78, 5) is 11.2. The summed E-state index contributed by atoms with van der Waals surface area (Å²) in [6.45, 7) is 0. The predicted molar refractivity (Wildman–Crippen MR) is 124 cm³/mol. The van der Waals surface area contributed by atoms with Crippen LogP contribution in [0.1, 0.15) is 0 Å². The lowest BCUT2D eigenvalue weighted by Gasteiger charge is -2.26. The van der Waals surface area contributed by atoms with Crippen LogP contribution in [0.3, 0.4) is 0 Å². The average molecular weight is 539 g/mol. The molecule has 0 aliphatic carbocycles. The zero-order valence-electron chi connectivity index (χ0n) is 14.2. The third kappa shape index (κ3) is 3.70. The number of nitrogens with two attached hydrogens (primary N) is 1. The molecule has 1 aromatic heterocycles. The number of fused-ring (bicyclic) bond motifs is 1. The van der Waals surface area contributed by atoms with E-state index in [0.717, 1.165) is 31.4 Å². The van der Waals surface area contributed by atoms with Gasteiger partial charge in [0.05, 0.1) is 21.1 Å². The van der Waals surface area contributed by atoms with Crippen LogP contribution in [0.25, 0.3) is 11.0 Å². The van der Waals surface area contributed by atoms with Crippen molar-refractivity contribution >= 4 is 89.1 Å². The molecule has 1 heterocycles. The Hall–Kier alpha value is -1.86. The lowest BCUT2D eigenvalue weighted by atomic mass is 10.2. The first-order chi connectivity index (χ1) is 13.4. The smallest absolute Gasteiger partial charge is 0.181 e. The van der Waals surface area contributed by atoms with Crippen LogP contribution in [-0.4, -0.2) is 9.97 Å². The summed E-state index contributed by atoms with van der Waals surface area (Å²) in [5.74, 6) is 0.798. The third-order valence-corrected chi connectivity index (χ3v) is 6.58. The minimum Gasteiger partial charge on any atom is -0.381 e. The number of nitrogens with zero attached hydrogens (tertiary/aromatic N) is 3. The van der Waals surface area contributed by atoms with E-state index < -0.39 is 0 Å². The van der Waals surface area contributed by atoms with Crippen molar-refractivity contribution in [2.24, 2.45) is 0 Å². The molecule has 28 heavy (non-hydrogen) atoms. The molecule has 0 saturated carbocycles. The third-order valence-electron chi connectivity index (χ3n) is 4.11. The Labute approximate surface area is 188 Å². The monoisotopic (exact) mass is 536 g/mol. The van der Waals surface area contributed by atoms with Gasteiger partial charge in [0.1, 0.15) is 0 Å². The summed E-state index contributed by atoms with van der Waals surface area (Å²) < 4.78 is 1.59. The second-order valence-corrected chi connectivity index (χ2v) is 8.48. The standard InChI is InChI=1S/C20H12Br2Cl2N4/c21-13-7-5-11(9-15(13)23)28(12-6-8-14(22)16(24)10-12)20-19(25)26-17-3-1-2-4-18(17)27-20/h1-10H,(H2,25,26). The Kier molecular flexibility index (Phi) is 5.47. The maximum Gasteiger partial charge on any atom is 0.181 e. The topological polar surface area (TPSA) is 55.0 Å². The second kappa shape index (κ2) is 7.87. The van der Waals surface area contributed by atoms with Gasteiger partial charge in [0, 0.05) is 20.3 Å². The lowest BCUT2D eigenvalue weighted by molar-refractivity contribution is 1.18. The highest BCUT2D eigenvalue weighted by atomic mass is 79.9. The van der Waals surface area contributed by atoms with Gasteiger partial charge in [-0.2, -0.15) is 0 Å². The minimum absolute atomic E-state index is 0.303. The summed E-state index contributed by atoms with van der Waals surface area (Å²) in [7, 11) is 0. The van der Waals surface area contributed by atoms with Crippen LogP contribution in [0.2, 0.25) is 10.0 Å². The largest absolute Gasteiger partial charge is 0.381 e. The van der Waals surface area contributed by atoms with Crippen molar-refractivity contribution < 1.29 is 0 Å². The molecule has 0 saturated heterocycles. The van der Waals surface area contributed by atoms with Crippen LogP contribution in [0.15, 0.2) is 69.6 Å². The van der Waals surface area contributed by atoms with E-state index in [2.05, 4.69) is 36.8 Å². The summed E-state index contributed by atoms with van der Waals surface area (Å²) in [5, 5.41) is 1.14. The lowest BCUT2D eigenvalue weighted by Crippen LogP contribution is -2.15. The molecule has 0 bridgehead atoms. The summed E-state index contributed by atoms with van der Waals surface area (Å²) in [6, 6.07) is 18.8. The maximum absolute atomic E-state index is 6.35. The molecule has 0 unspecified atom stereocenters. The van der Waals surface area contributed by atoms with Crippen molar-refractivity contribution in [3.05, 3.63) is 79.7 Å². The summed E-state index contributed by atoms with van der Waals surface area (Å²) >= 11 is 19.6. The van der Waals surface area contributed by atoms with Gasteiger partial charge in [-0.25, -0.2) is 9.97 Å². The van der Waals surface area contributed by atoms with Gasteiger partial charge >= 0.3 is 0 Å². The van der Waals surface area contributed by atoms with Crippen molar-refractivity contribution in [1.29, 1.82) is 0 Å².